The van der Waals surface area contributed by atoms with Gasteiger partial charge in [0.2, 0.25) is 0 Å². The van der Waals surface area contributed by atoms with Gasteiger partial charge in [-0.2, -0.15) is 0 Å². The highest BCUT2D eigenvalue weighted by Crippen LogP contribution is 2.58. The summed E-state index contributed by atoms with van der Waals surface area (Å²) in [6.07, 6.45) is 8.21. The van der Waals surface area contributed by atoms with Crippen molar-refractivity contribution < 1.29 is 24.9 Å². The lowest BCUT2D eigenvalue weighted by molar-refractivity contribution is -0.166. The van der Waals surface area contributed by atoms with Gasteiger partial charge < -0.3 is 15.3 Å². The fourth-order valence-corrected chi connectivity index (χ4v) is 6.51. The van der Waals surface area contributed by atoms with Crippen molar-refractivity contribution in [2.24, 2.45) is 17.8 Å². The van der Waals surface area contributed by atoms with Crippen molar-refractivity contribution in [1.82, 2.24) is 4.90 Å². The first-order chi connectivity index (χ1) is 15.1. The van der Waals surface area contributed by atoms with E-state index in [1.54, 1.807) is 44.1 Å². The van der Waals surface area contributed by atoms with E-state index in [4.69, 9.17) is 0 Å². The maximum Gasteiger partial charge on any atom is 0.191 e. The van der Waals surface area contributed by atoms with E-state index in [2.05, 4.69) is 0 Å². The average Bonchev–Trinajstić information content (AvgIpc) is 3.25. The van der Waals surface area contributed by atoms with Crippen LogP contribution in [0.15, 0.2) is 48.1 Å². The second-order valence-electron chi connectivity index (χ2n) is 9.99. The molecule has 2 fully saturated rings. The Balaban J connectivity index is 1.79. The van der Waals surface area contributed by atoms with Crippen molar-refractivity contribution in [3.8, 4) is 5.75 Å². The summed E-state index contributed by atoms with van der Waals surface area (Å²) in [6, 6.07) is 4.45. The van der Waals surface area contributed by atoms with Crippen molar-refractivity contribution in [2.75, 3.05) is 14.1 Å². The summed E-state index contributed by atoms with van der Waals surface area (Å²) in [4.78, 5) is 28.7. The van der Waals surface area contributed by atoms with Gasteiger partial charge in [0.15, 0.2) is 5.78 Å². The SMILES string of the molecule is CN(C)C1C(=O)CCC2(O)C(=O)C3=C(C4C=CC=C4)c4c(O)cccc4C(C)(O)C3CC12. The molecule has 0 heterocycles. The van der Waals surface area contributed by atoms with Gasteiger partial charge in [0, 0.05) is 35.3 Å². The fraction of sp³-hybridized carbons (Fsp3) is 0.462. The lowest BCUT2D eigenvalue weighted by atomic mass is 9.53. The zero-order chi connectivity index (χ0) is 23.0. The quantitative estimate of drug-likeness (QED) is 0.660. The zero-order valence-corrected chi connectivity index (χ0v) is 18.6. The van der Waals surface area contributed by atoms with Crippen LogP contribution in [-0.4, -0.2) is 57.5 Å². The summed E-state index contributed by atoms with van der Waals surface area (Å²) < 4.78 is 0. The molecule has 1 aromatic carbocycles. The third-order valence-corrected chi connectivity index (χ3v) is 8.02. The normalized spacial score (nSPS) is 36.5. The Kier molecular flexibility index (Phi) is 4.65. The number of benzene rings is 1. The van der Waals surface area contributed by atoms with Crippen LogP contribution >= 0.6 is 0 Å². The number of phenols is 1. The number of carbonyl (C=O) groups excluding carboxylic acids is 2. The summed E-state index contributed by atoms with van der Waals surface area (Å²) in [5.74, 6) is -1.85. The Hall–Kier alpha value is -2.54. The van der Waals surface area contributed by atoms with Crippen molar-refractivity contribution >= 4 is 17.1 Å². The van der Waals surface area contributed by atoms with Gasteiger partial charge in [-0.05, 0) is 51.1 Å². The lowest BCUT2D eigenvalue weighted by Gasteiger charge is -2.54. The van der Waals surface area contributed by atoms with Gasteiger partial charge in [-0.15, -0.1) is 0 Å². The summed E-state index contributed by atoms with van der Waals surface area (Å²) in [5, 5.41) is 34.3. The van der Waals surface area contributed by atoms with Gasteiger partial charge in [-0.1, -0.05) is 36.4 Å². The number of Topliss-reactive ketones (excluding diaryl/α,β-unsaturated/α-hetero) is 2. The molecule has 6 heteroatoms. The molecule has 6 nitrogen and oxygen atoms in total. The fourth-order valence-electron chi connectivity index (χ4n) is 6.51. The van der Waals surface area contributed by atoms with E-state index in [-0.39, 0.29) is 30.3 Å². The molecule has 1 aromatic rings. The third-order valence-electron chi connectivity index (χ3n) is 8.02. The van der Waals surface area contributed by atoms with Gasteiger partial charge in [0.05, 0.1) is 11.6 Å². The molecule has 5 atom stereocenters. The Bertz CT molecular complexity index is 1100. The van der Waals surface area contributed by atoms with Gasteiger partial charge in [-0.25, -0.2) is 0 Å². The monoisotopic (exact) mass is 435 g/mol. The van der Waals surface area contributed by atoms with Crippen molar-refractivity contribution in [2.45, 2.75) is 43.4 Å². The third kappa shape index (κ3) is 2.70. The van der Waals surface area contributed by atoms with Crippen LogP contribution in [0.3, 0.4) is 0 Å². The Morgan fingerprint density at radius 1 is 1.06 bits per heavy atom. The molecule has 5 rings (SSSR count). The predicted octanol–water partition coefficient (Wildman–Crippen LogP) is 2.34. The van der Waals surface area contributed by atoms with Crippen LogP contribution in [0.25, 0.3) is 5.57 Å². The van der Waals surface area contributed by atoms with E-state index in [1.165, 1.54) is 0 Å². The minimum absolute atomic E-state index is 0.00401. The number of carbonyl (C=O) groups is 2. The second kappa shape index (κ2) is 6.98. The first-order valence-electron chi connectivity index (χ1n) is 11.2. The highest BCUT2D eigenvalue weighted by atomic mass is 16.3. The Morgan fingerprint density at radius 2 is 1.75 bits per heavy atom. The molecule has 0 amide bonds. The molecule has 0 aliphatic heterocycles. The second-order valence-corrected chi connectivity index (χ2v) is 9.99. The van der Waals surface area contributed by atoms with E-state index in [0.717, 1.165) is 0 Å². The van der Waals surface area contributed by atoms with Crippen molar-refractivity contribution in [3.05, 3.63) is 59.2 Å². The van der Waals surface area contributed by atoms with Crippen molar-refractivity contribution in [3.63, 3.8) is 0 Å². The summed E-state index contributed by atoms with van der Waals surface area (Å²) in [7, 11) is 3.58. The topological polar surface area (TPSA) is 98.1 Å². The van der Waals surface area contributed by atoms with E-state index in [0.29, 0.717) is 28.7 Å². The standard InChI is InChI=1S/C26H29NO5/c1-25(31)15-9-6-10-18(28)21(15)20(14-7-4-5-8-14)22-16(25)13-17-23(27(2)3)19(29)11-12-26(17,32)24(22)30/h4-10,14,16-17,23,28,31-32H,11-13H2,1-3H3. The van der Waals surface area contributed by atoms with Crippen LogP contribution in [-0.2, 0) is 15.2 Å². The molecule has 2 saturated carbocycles. The first-order valence-corrected chi connectivity index (χ1v) is 11.2. The van der Waals surface area contributed by atoms with Crippen LogP contribution in [0.5, 0.6) is 5.75 Å². The number of fused-ring (bicyclic) bond motifs is 3. The highest BCUT2D eigenvalue weighted by Gasteiger charge is 2.62. The maximum absolute atomic E-state index is 14.1. The molecule has 0 aromatic heterocycles. The van der Waals surface area contributed by atoms with Crippen LogP contribution < -0.4 is 0 Å². The van der Waals surface area contributed by atoms with Crippen LogP contribution in [0.1, 0.15) is 37.3 Å². The Morgan fingerprint density at radius 3 is 2.41 bits per heavy atom. The van der Waals surface area contributed by atoms with E-state index < -0.39 is 34.9 Å². The minimum Gasteiger partial charge on any atom is -0.507 e. The molecule has 0 bridgehead atoms. The first kappa shape index (κ1) is 21.3. The lowest BCUT2D eigenvalue weighted by Crippen LogP contribution is -2.65. The molecule has 3 N–H and O–H groups in total. The number of nitrogens with zero attached hydrogens (tertiary/aromatic N) is 1. The molecule has 0 radical (unpaired) electrons. The maximum atomic E-state index is 14.1. The summed E-state index contributed by atoms with van der Waals surface area (Å²) in [6.45, 7) is 1.67. The number of allylic oxidation sites excluding steroid dienone is 5. The zero-order valence-electron chi connectivity index (χ0n) is 18.6. The predicted molar refractivity (Wildman–Crippen MR) is 120 cm³/mol. The van der Waals surface area contributed by atoms with Gasteiger partial charge in [0.1, 0.15) is 17.1 Å². The average molecular weight is 436 g/mol. The van der Waals surface area contributed by atoms with Crippen LogP contribution in [0, 0.1) is 17.8 Å². The number of likely N-dealkylation sites (N-methyl/N-ethyl adjacent to an activating group) is 1. The Labute approximate surface area is 187 Å². The number of aliphatic hydroxyl groups is 2. The summed E-state index contributed by atoms with van der Waals surface area (Å²) in [5.41, 5.74) is -1.05. The summed E-state index contributed by atoms with van der Waals surface area (Å²) >= 11 is 0. The van der Waals surface area contributed by atoms with Crippen molar-refractivity contribution in [1.29, 1.82) is 0 Å². The van der Waals surface area contributed by atoms with E-state index in [9.17, 15) is 24.9 Å². The number of hydrogen-bond acceptors (Lipinski definition) is 6. The van der Waals surface area contributed by atoms with Crippen LogP contribution in [0.2, 0.25) is 0 Å². The molecule has 4 aliphatic carbocycles. The molecular formula is C26H29NO5. The van der Waals surface area contributed by atoms with E-state index >= 15 is 0 Å². The number of ketones is 2. The van der Waals surface area contributed by atoms with Gasteiger partial charge in [0.25, 0.3) is 0 Å². The molecule has 4 aliphatic rings. The number of rotatable bonds is 2. The number of phenolic OH excluding ortho intramolecular Hbond substituents is 1. The minimum atomic E-state index is -1.68. The molecule has 5 unspecified atom stereocenters. The molecule has 168 valence electrons. The van der Waals surface area contributed by atoms with Gasteiger partial charge >= 0.3 is 0 Å². The van der Waals surface area contributed by atoms with Gasteiger partial charge in [-0.3, -0.25) is 14.5 Å². The molecule has 32 heavy (non-hydrogen) atoms. The molecule has 0 saturated heterocycles. The molecular weight excluding hydrogens is 406 g/mol. The molecule has 0 spiro atoms. The largest absolute Gasteiger partial charge is 0.507 e. The highest BCUT2D eigenvalue weighted by molar-refractivity contribution is 6.12. The number of hydrogen-bond donors (Lipinski definition) is 3. The smallest absolute Gasteiger partial charge is 0.191 e. The van der Waals surface area contributed by atoms with Crippen LogP contribution in [0.4, 0.5) is 0 Å². The van der Waals surface area contributed by atoms with E-state index in [1.807, 2.05) is 24.3 Å². The number of aromatic hydroxyl groups is 1.